The van der Waals surface area contributed by atoms with Gasteiger partial charge in [0.05, 0.1) is 16.7 Å². The minimum absolute atomic E-state index is 0.0257. The maximum absolute atomic E-state index is 12.3. The molecule has 0 bridgehead atoms. The van der Waals surface area contributed by atoms with Crippen LogP contribution in [-0.4, -0.2) is 60.1 Å². The number of halogens is 2. The number of β-amino-alcohol motifs (C(OH)–C–C–N with tert-alkyl or cyclic N) is 1. The van der Waals surface area contributed by atoms with E-state index in [1.807, 2.05) is 0 Å². The standard InChI is InChI=1S/C13H16Cl2N2O2/c14-11-2-1-10(9-12(11)15)13(19)17-5-3-16(4-6-17)7-8-18/h1-2,9,18H,3-8H2. The highest BCUT2D eigenvalue weighted by Gasteiger charge is 2.22. The number of piperazine rings is 1. The van der Waals surface area contributed by atoms with Crippen LogP contribution in [0.5, 0.6) is 0 Å². The Morgan fingerprint density at radius 1 is 1.16 bits per heavy atom. The number of carbonyl (C=O) groups is 1. The lowest BCUT2D eigenvalue weighted by Crippen LogP contribution is -2.49. The molecule has 0 aromatic heterocycles. The van der Waals surface area contributed by atoms with E-state index in [9.17, 15) is 4.79 Å². The number of hydrogen-bond donors (Lipinski definition) is 1. The van der Waals surface area contributed by atoms with Crippen molar-refractivity contribution in [1.82, 2.24) is 9.80 Å². The van der Waals surface area contributed by atoms with E-state index in [2.05, 4.69) is 4.90 Å². The molecule has 0 saturated carbocycles. The molecule has 1 aliphatic heterocycles. The van der Waals surface area contributed by atoms with Crippen molar-refractivity contribution in [1.29, 1.82) is 0 Å². The molecule has 1 fully saturated rings. The van der Waals surface area contributed by atoms with Gasteiger partial charge in [0.15, 0.2) is 0 Å². The lowest BCUT2D eigenvalue weighted by Gasteiger charge is -2.34. The first-order valence-electron chi connectivity index (χ1n) is 6.19. The summed E-state index contributed by atoms with van der Waals surface area (Å²) in [6, 6.07) is 4.93. The third-order valence-electron chi connectivity index (χ3n) is 3.24. The van der Waals surface area contributed by atoms with Crippen LogP contribution in [0.25, 0.3) is 0 Å². The molecule has 1 aromatic carbocycles. The van der Waals surface area contributed by atoms with Crippen molar-refractivity contribution < 1.29 is 9.90 Å². The third-order valence-corrected chi connectivity index (χ3v) is 3.98. The summed E-state index contributed by atoms with van der Waals surface area (Å²) in [4.78, 5) is 16.2. The van der Waals surface area contributed by atoms with Crippen LogP contribution in [0.1, 0.15) is 10.4 Å². The SMILES string of the molecule is O=C(c1ccc(Cl)c(Cl)c1)N1CCN(CCO)CC1. The first-order chi connectivity index (χ1) is 9.11. The molecule has 1 saturated heterocycles. The second-order valence-electron chi connectivity index (χ2n) is 4.49. The van der Waals surface area contributed by atoms with E-state index < -0.39 is 0 Å². The molecule has 19 heavy (non-hydrogen) atoms. The van der Waals surface area contributed by atoms with Crippen LogP contribution in [0.4, 0.5) is 0 Å². The zero-order chi connectivity index (χ0) is 13.8. The maximum atomic E-state index is 12.3. The van der Waals surface area contributed by atoms with Crippen molar-refractivity contribution in [3.63, 3.8) is 0 Å². The Morgan fingerprint density at radius 3 is 2.42 bits per heavy atom. The van der Waals surface area contributed by atoms with Gasteiger partial charge in [-0.15, -0.1) is 0 Å². The molecule has 104 valence electrons. The summed E-state index contributed by atoms with van der Waals surface area (Å²) in [5.41, 5.74) is 0.560. The Hall–Kier alpha value is -0.810. The Labute approximate surface area is 122 Å². The monoisotopic (exact) mass is 302 g/mol. The average Bonchev–Trinajstić information content (AvgIpc) is 2.42. The molecule has 2 rings (SSSR count). The number of aliphatic hydroxyl groups is 1. The lowest BCUT2D eigenvalue weighted by molar-refractivity contribution is 0.0615. The fourth-order valence-electron chi connectivity index (χ4n) is 2.13. The average molecular weight is 303 g/mol. The lowest BCUT2D eigenvalue weighted by atomic mass is 10.2. The molecule has 4 nitrogen and oxygen atoms in total. The van der Waals surface area contributed by atoms with Crippen molar-refractivity contribution in [2.24, 2.45) is 0 Å². The quantitative estimate of drug-likeness (QED) is 0.925. The number of rotatable bonds is 3. The zero-order valence-electron chi connectivity index (χ0n) is 10.5. The molecule has 0 radical (unpaired) electrons. The minimum Gasteiger partial charge on any atom is -0.395 e. The molecule has 1 aliphatic rings. The summed E-state index contributed by atoms with van der Waals surface area (Å²) in [6.45, 7) is 3.72. The fourth-order valence-corrected chi connectivity index (χ4v) is 2.43. The number of nitrogens with zero attached hydrogens (tertiary/aromatic N) is 2. The highest BCUT2D eigenvalue weighted by atomic mass is 35.5. The van der Waals surface area contributed by atoms with Gasteiger partial charge in [0.2, 0.25) is 0 Å². The van der Waals surface area contributed by atoms with Crippen LogP contribution in [0.3, 0.4) is 0 Å². The van der Waals surface area contributed by atoms with Crippen molar-refractivity contribution in [3.8, 4) is 0 Å². The Bertz CT molecular complexity index is 460. The Morgan fingerprint density at radius 2 is 1.84 bits per heavy atom. The summed E-state index contributed by atoms with van der Waals surface area (Å²) < 4.78 is 0. The number of benzene rings is 1. The molecular weight excluding hydrogens is 287 g/mol. The van der Waals surface area contributed by atoms with E-state index in [1.54, 1.807) is 23.1 Å². The van der Waals surface area contributed by atoms with Gasteiger partial charge in [0.25, 0.3) is 5.91 Å². The van der Waals surface area contributed by atoms with Gasteiger partial charge in [-0.2, -0.15) is 0 Å². The van der Waals surface area contributed by atoms with E-state index in [4.69, 9.17) is 28.3 Å². The van der Waals surface area contributed by atoms with Crippen LogP contribution in [0, 0.1) is 0 Å². The number of hydrogen-bond acceptors (Lipinski definition) is 3. The van der Waals surface area contributed by atoms with Gasteiger partial charge in [0.1, 0.15) is 0 Å². The molecule has 0 unspecified atom stereocenters. The summed E-state index contributed by atoms with van der Waals surface area (Å²) >= 11 is 11.8. The molecule has 1 heterocycles. The fraction of sp³-hybridized carbons (Fsp3) is 0.462. The van der Waals surface area contributed by atoms with Gasteiger partial charge in [-0.25, -0.2) is 0 Å². The molecule has 0 atom stereocenters. The second-order valence-corrected chi connectivity index (χ2v) is 5.30. The highest BCUT2D eigenvalue weighted by Crippen LogP contribution is 2.23. The second kappa shape index (κ2) is 6.57. The van der Waals surface area contributed by atoms with Crippen molar-refractivity contribution in [2.45, 2.75) is 0 Å². The molecule has 0 aliphatic carbocycles. The largest absolute Gasteiger partial charge is 0.395 e. The summed E-state index contributed by atoms with van der Waals surface area (Å²) in [7, 11) is 0. The maximum Gasteiger partial charge on any atom is 0.253 e. The smallest absolute Gasteiger partial charge is 0.253 e. The van der Waals surface area contributed by atoms with Crippen LogP contribution in [0.2, 0.25) is 10.0 Å². The molecule has 1 aromatic rings. The van der Waals surface area contributed by atoms with E-state index >= 15 is 0 Å². The van der Waals surface area contributed by atoms with Crippen LogP contribution in [-0.2, 0) is 0 Å². The molecule has 1 amide bonds. The van der Waals surface area contributed by atoms with Gasteiger partial charge >= 0.3 is 0 Å². The topological polar surface area (TPSA) is 43.8 Å². The Balaban J connectivity index is 1.99. The van der Waals surface area contributed by atoms with Crippen LogP contribution >= 0.6 is 23.2 Å². The Kier molecular flexibility index (Phi) is 5.05. The molecule has 1 N–H and O–H groups in total. The minimum atomic E-state index is -0.0257. The van der Waals surface area contributed by atoms with Gasteiger partial charge < -0.3 is 10.0 Å². The first-order valence-corrected chi connectivity index (χ1v) is 6.95. The number of aliphatic hydroxyl groups excluding tert-OH is 1. The van der Waals surface area contributed by atoms with E-state index in [0.29, 0.717) is 35.2 Å². The van der Waals surface area contributed by atoms with Crippen molar-refractivity contribution in [2.75, 3.05) is 39.3 Å². The van der Waals surface area contributed by atoms with Gasteiger partial charge in [-0.05, 0) is 18.2 Å². The van der Waals surface area contributed by atoms with Gasteiger partial charge in [-0.1, -0.05) is 23.2 Å². The van der Waals surface area contributed by atoms with E-state index in [0.717, 1.165) is 13.1 Å². The molecular formula is C13H16Cl2N2O2. The van der Waals surface area contributed by atoms with E-state index in [-0.39, 0.29) is 12.5 Å². The van der Waals surface area contributed by atoms with E-state index in [1.165, 1.54) is 0 Å². The highest BCUT2D eigenvalue weighted by molar-refractivity contribution is 6.42. The summed E-state index contributed by atoms with van der Waals surface area (Å²) in [5, 5.41) is 9.72. The molecule has 0 spiro atoms. The van der Waals surface area contributed by atoms with Gasteiger partial charge in [0, 0.05) is 38.3 Å². The predicted octanol–water partition coefficient (Wildman–Crippen LogP) is 1.74. The first kappa shape index (κ1) is 14.6. The van der Waals surface area contributed by atoms with Gasteiger partial charge in [-0.3, -0.25) is 9.69 Å². The van der Waals surface area contributed by atoms with Crippen molar-refractivity contribution >= 4 is 29.1 Å². The number of amides is 1. The van der Waals surface area contributed by atoms with Crippen molar-refractivity contribution in [3.05, 3.63) is 33.8 Å². The number of carbonyl (C=O) groups excluding carboxylic acids is 1. The summed E-state index contributed by atoms with van der Waals surface area (Å²) in [5.74, 6) is -0.0257. The zero-order valence-corrected chi connectivity index (χ0v) is 12.0. The van der Waals surface area contributed by atoms with Crippen LogP contribution in [0.15, 0.2) is 18.2 Å². The van der Waals surface area contributed by atoms with Crippen LogP contribution < -0.4 is 0 Å². The predicted molar refractivity (Wildman–Crippen MR) is 75.9 cm³/mol. The third kappa shape index (κ3) is 3.60. The summed E-state index contributed by atoms with van der Waals surface area (Å²) in [6.07, 6.45) is 0. The normalized spacial score (nSPS) is 16.7. The molecule has 6 heteroatoms.